The summed E-state index contributed by atoms with van der Waals surface area (Å²) in [6.45, 7) is 6.48. The molecule has 1 spiro atoms. The Bertz CT molecular complexity index is 2940. The van der Waals surface area contributed by atoms with Gasteiger partial charge in [0.2, 0.25) is 6.79 Å². The predicted octanol–water partition coefficient (Wildman–Crippen LogP) is 9.63. The molecule has 1 unspecified atom stereocenters. The van der Waals surface area contributed by atoms with Crippen molar-refractivity contribution in [1.29, 1.82) is 0 Å². The fourth-order valence-electron chi connectivity index (χ4n) is 8.12. The largest absolute Gasteiger partial charge is 0.519 e. The monoisotopic (exact) mass is 946 g/mol. The van der Waals surface area contributed by atoms with Gasteiger partial charge in [-0.2, -0.15) is 0 Å². The summed E-state index contributed by atoms with van der Waals surface area (Å²) in [4.78, 5) is 74.6. The first-order chi connectivity index (χ1) is 34.0. The Balaban J connectivity index is 0.860. The summed E-state index contributed by atoms with van der Waals surface area (Å²) < 4.78 is 54.3. The lowest BCUT2D eigenvalue weighted by Gasteiger charge is -2.29. The van der Waals surface area contributed by atoms with E-state index in [1.807, 2.05) is 12.1 Å². The molecule has 1 atom stereocenters. The maximum absolute atomic E-state index is 13.3. The number of rotatable bonds is 17. The molecule has 2 aliphatic carbocycles. The molecule has 0 aromatic heterocycles. The molecule has 0 fully saturated rings. The maximum Gasteiger partial charge on any atom is 0.519 e. The van der Waals surface area contributed by atoms with Crippen LogP contribution in [0.15, 0.2) is 159 Å². The van der Waals surface area contributed by atoms with Crippen molar-refractivity contribution in [2.75, 3.05) is 20.0 Å². The highest BCUT2D eigenvalue weighted by molar-refractivity contribution is 5.92. The van der Waals surface area contributed by atoms with Gasteiger partial charge in [0.25, 0.3) is 0 Å². The molecule has 16 nitrogen and oxygen atoms in total. The van der Waals surface area contributed by atoms with Crippen LogP contribution in [0.2, 0.25) is 0 Å². The third kappa shape index (κ3) is 11.3. The number of benzene rings is 6. The average Bonchev–Trinajstić information content (AvgIpc) is 3.95. The Morgan fingerprint density at radius 3 is 1.29 bits per heavy atom. The third-order valence-electron chi connectivity index (χ3n) is 11.2. The van der Waals surface area contributed by atoms with E-state index >= 15 is 0 Å². The molecule has 6 aromatic carbocycles. The molecule has 0 heterocycles. The van der Waals surface area contributed by atoms with Gasteiger partial charge >= 0.3 is 36.2 Å². The van der Waals surface area contributed by atoms with Crippen LogP contribution in [0.3, 0.4) is 0 Å². The lowest BCUT2D eigenvalue weighted by atomic mass is 9.76. The van der Waals surface area contributed by atoms with Gasteiger partial charge in [0.1, 0.15) is 59.2 Å². The zero-order valence-corrected chi connectivity index (χ0v) is 37.3. The van der Waals surface area contributed by atoms with E-state index in [4.69, 9.17) is 47.4 Å². The van der Waals surface area contributed by atoms with Crippen LogP contribution in [0.25, 0.3) is 0 Å². The number of esters is 4. The number of carbonyl (C=O) groups excluding carboxylic acids is 6. The van der Waals surface area contributed by atoms with Crippen LogP contribution in [0.1, 0.15) is 55.8 Å². The van der Waals surface area contributed by atoms with Gasteiger partial charge in [0.05, 0.1) is 11.1 Å². The Morgan fingerprint density at radius 2 is 0.843 bits per heavy atom. The molecule has 0 radical (unpaired) electrons. The topological polar surface area (TPSA) is 195 Å². The Labute approximate surface area is 400 Å². The minimum absolute atomic E-state index is 0.0408. The Morgan fingerprint density at radius 1 is 0.443 bits per heavy atom. The molecular weight excluding hydrogens is 905 g/mol. The molecule has 0 N–H and O–H groups in total. The van der Waals surface area contributed by atoms with E-state index in [0.29, 0.717) is 48.7 Å². The highest BCUT2D eigenvalue weighted by atomic mass is 16.7. The fraction of sp³-hybridized carbons (Fsp3) is 0.148. The van der Waals surface area contributed by atoms with Crippen molar-refractivity contribution in [2.45, 2.75) is 31.1 Å². The number of ether oxygens (including phenoxy) is 10. The number of hydrogen-bond acceptors (Lipinski definition) is 16. The van der Waals surface area contributed by atoms with E-state index in [2.05, 4.69) is 13.2 Å². The summed E-state index contributed by atoms with van der Waals surface area (Å²) >= 11 is 0. The van der Waals surface area contributed by atoms with Gasteiger partial charge in [-0.25, -0.2) is 28.8 Å². The first-order valence-corrected chi connectivity index (χ1v) is 21.7. The van der Waals surface area contributed by atoms with Gasteiger partial charge in [-0.3, -0.25) is 0 Å². The van der Waals surface area contributed by atoms with Gasteiger partial charge < -0.3 is 47.4 Å². The Hall–Kier alpha value is -9.18. The lowest BCUT2D eigenvalue weighted by Crippen LogP contribution is -2.25. The van der Waals surface area contributed by atoms with E-state index in [-0.39, 0.29) is 54.1 Å². The van der Waals surface area contributed by atoms with Crippen molar-refractivity contribution < 1.29 is 76.1 Å². The molecule has 70 heavy (non-hydrogen) atoms. The molecule has 0 bridgehead atoms. The summed E-state index contributed by atoms with van der Waals surface area (Å²) in [6, 6.07) is 34.9. The molecule has 0 aliphatic heterocycles. The molecule has 16 heteroatoms. The average molecular weight is 947 g/mol. The first-order valence-electron chi connectivity index (χ1n) is 21.7. The quantitative estimate of drug-likeness (QED) is 0.0209. The molecule has 0 saturated heterocycles. The minimum Gasteiger partial charge on any atom is -0.490 e. The second kappa shape index (κ2) is 21.6. The predicted molar refractivity (Wildman–Crippen MR) is 248 cm³/mol. The van der Waals surface area contributed by atoms with Crippen molar-refractivity contribution >= 4 is 36.2 Å². The van der Waals surface area contributed by atoms with Gasteiger partial charge in [0, 0.05) is 28.7 Å². The summed E-state index contributed by atoms with van der Waals surface area (Å²) in [5, 5.41) is 0. The van der Waals surface area contributed by atoms with Gasteiger partial charge in [-0.15, -0.1) is 0 Å². The smallest absolute Gasteiger partial charge is 0.490 e. The number of aryl methyl sites for hydroxylation is 2. The van der Waals surface area contributed by atoms with Crippen LogP contribution in [0.5, 0.6) is 46.0 Å². The zero-order valence-electron chi connectivity index (χ0n) is 37.3. The standard InChI is InChI=1S/C54H42O16/c1-3-46(55)62-32-31-61-38-15-11-36(12-16-38)50(57)65-40-19-23-42(24-20-40)67-52(59)69-44-9-5-7-34-27-29-54(48(34)44)30-28-35-8-6-10-45(49(35)54)70-53(60)68-43-25-21-41(22-26-43)66-51(58)37-13-17-39(18-14-37)63-33-64-47(56)4-2/h3-26H,1-2,27-33H2. The molecule has 2 aliphatic rings. The fourth-order valence-corrected chi connectivity index (χ4v) is 8.12. The summed E-state index contributed by atoms with van der Waals surface area (Å²) in [5.74, 6) is -0.335. The summed E-state index contributed by atoms with van der Waals surface area (Å²) in [6.07, 6.45) is 2.79. The second-order valence-electron chi connectivity index (χ2n) is 15.5. The molecule has 8 rings (SSSR count). The van der Waals surface area contributed by atoms with Crippen molar-refractivity contribution in [3.05, 3.63) is 192 Å². The molecule has 6 aromatic rings. The van der Waals surface area contributed by atoms with Crippen molar-refractivity contribution in [3.8, 4) is 46.0 Å². The summed E-state index contributed by atoms with van der Waals surface area (Å²) in [5.41, 5.74) is 3.39. The van der Waals surface area contributed by atoms with Crippen molar-refractivity contribution in [3.63, 3.8) is 0 Å². The van der Waals surface area contributed by atoms with Gasteiger partial charge in [0.15, 0.2) is 0 Å². The van der Waals surface area contributed by atoms with Crippen LogP contribution in [0.4, 0.5) is 9.59 Å². The lowest BCUT2D eigenvalue weighted by molar-refractivity contribution is -0.144. The number of carbonyl (C=O) groups is 6. The SMILES string of the molecule is C=CC(=O)OCCOc1ccc(C(=O)Oc2ccc(OC(=O)Oc3cccc4c3C3(CC4)CCc4cccc(OC(=O)Oc5ccc(OC(=O)c6ccc(OCOC(=O)C=C)cc6)cc5)c43)cc2)cc1. The molecule has 354 valence electrons. The summed E-state index contributed by atoms with van der Waals surface area (Å²) in [7, 11) is 0. The Kier molecular flexibility index (Phi) is 14.6. The maximum atomic E-state index is 13.3. The van der Waals surface area contributed by atoms with E-state index in [1.54, 1.807) is 36.4 Å². The highest BCUT2D eigenvalue weighted by Crippen LogP contribution is 2.57. The zero-order chi connectivity index (χ0) is 49.0. The van der Waals surface area contributed by atoms with Crippen LogP contribution in [0, 0.1) is 0 Å². The van der Waals surface area contributed by atoms with E-state index in [9.17, 15) is 28.8 Å². The van der Waals surface area contributed by atoms with Gasteiger partial charge in [-0.1, -0.05) is 37.4 Å². The van der Waals surface area contributed by atoms with Crippen LogP contribution in [-0.4, -0.2) is 56.2 Å². The number of hydrogen-bond donors (Lipinski definition) is 0. The molecular formula is C54H42O16. The van der Waals surface area contributed by atoms with Gasteiger partial charge in [-0.05, 0) is 146 Å². The van der Waals surface area contributed by atoms with Crippen LogP contribution < -0.4 is 37.9 Å². The van der Waals surface area contributed by atoms with Crippen molar-refractivity contribution in [1.82, 2.24) is 0 Å². The molecule has 0 amide bonds. The third-order valence-corrected chi connectivity index (χ3v) is 11.2. The minimum atomic E-state index is -0.989. The van der Waals surface area contributed by atoms with Crippen molar-refractivity contribution in [2.24, 2.45) is 0 Å². The first kappa shape index (κ1) is 47.3. The van der Waals surface area contributed by atoms with Crippen LogP contribution >= 0.6 is 0 Å². The van der Waals surface area contributed by atoms with E-state index < -0.39 is 41.6 Å². The second-order valence-corrected chi connectivity index (χ2v) is 15.5. The van der Waals surface area contributed by atoms with Crippen LogP contribution in [-0.2, 0) is 37.3 Å². The van der Waals surface area contributed by atoms with E-state index in [1.165, 1.54) is 84.9 Å². The normalized spacial score (nSPS) is 13.9. The van der Waals surface area contributed by atoms with E-state index in [0.717, 1.165) is 34.4 Å². The number of fused-ring (bicyclic) bond motifs is 4. The molecule has 0 saturated carbocycles. The highest BCUT2D eigenvalue weighted by Gasteiger charge is 2.49.